The van der Waals surface area contributed by atoms with E-state index in [-0.39, 0.29) is 5.97 Å². The third-order valence-corrected chi connectivity index (χ3v) is 4.07. The van der Waals surface area contributed by atoms with Gasteiger partial charge >= 0.3 is 5.97 Å². The smallest absolute Gasteiger partial charge is 0.338 e. The van der Waals surface area contributed by atoms with Crippen molar-refractivity contribution in [1.82, 2.24) is 0 Å². The molecule has 0 unspecified atom stereocenters. The summed E-state index contributed by atoms with van der Waals surface area (Å²) in [5.74, 6) is -0.302. The van der Waals surface area contributed by atoms with E-state index in [9.17, 15) is 4.79 Å². The molecule has 0 atom stereocenters. The van der Waals surface area contributed by atoms with E-state index in [1.54, 1.807) is 0 Å². The van der Waals surface area contributed by atoms with Gasteiger partial charge < -0.3 is 4.74 Å². The van der Waals surface area contributed by atoms with Crippen LogP contribution in [0.4, 0.5) is 0 Å². The van der Waals surface area contributed by atoms with Crippen molar-refractivity contribution in [2.24, 2.45) is 0 Å². The Labute approximate surface area is 130 Å². The lowest BCUT2D eigenvalue weighted by Gasteiger charge is -2.16. The summed E-state index contributed by atoms with van der Waals surface area (Å²) in [5.41, 5.74) is 4.99. The predicted molar refractivity (Wildman–Crippen MR) is 90.2 cm³/mol. The molecule has 22 heavy (non-hydrogen) atoms. The highest BCUT2D eigenvalue weighted by Crippen LogP contribution is 2.36. The van der Waals surface area contributed by atoms with Crippen molar-refractivity contribution in [3.8, 4) is 11.1 Å². The molecule has 0 bridgehead atoms. The van der Waals surface area contributed by atoms with Gasteiger partial charge in [0.15, 0.2) is 0 Å². The maximum Gasteiger partial charge on any atom is 0.338 e. The molecular weight excluding hydrogens is 272 g/mol. The molecule has 0 aromatic heterocycles. The molecule has 0 amide bonds. The van der Waals surface area contributed by atoms with Crippen molar-refractivity contribution >= 4 is 16.7 Å². The van der Waals surface area contributed by atoms with Gasteiger partial charge in [0.05, 0.1) is 12.7 Å². The van der Waals surface area contributed by atoms with Crippen LogP contribution < -0.4 is 0 Å². The zero-order chi connectivity index (χ0) is 15.7. The highest BCUT2D eigenvalue weighted by atomic mass is 16.5. The van der Waals surface area contributed by atoms with Gasteiger partial charge in [0.1, 0.15) is 0 Å². The van der Waals surface area contributed by atoms with Crippen molar-refractivity contribution in [1.29, 1.82) is 0 Å². The number of rotatable bonds is 2. The van der Waals surface area contributed by atoms with E-state index in [1.807, 2.05) is 30.3 Å². The second kappa shape index (κ2) is 5.64. The van der Waals surface area contributed by atoms with Crippen molar-refractivity contribution in [3.05, 3.63) is 71.3 Å². The number of ether oxygens (including phenoxy) is 1. The van der Waals surface area contributed by atoms with Gasteiger partial charge in [0.2, 0.25) is 0 Å². The van der Waals surface area contributed by atoms with Crippen molar-refractivity contribution in [3.63, 3.8) is 0 Å². The van der Waals surface area contributed by atoms with Crippen LogP contribution >= 0.6 is 0 Å². The Bertz CT molecular complexity index is 842. The number of carbonyl (C=O) groups excluding carboxylic acids is 1. The summed E-state index contributed by atoms with van der Waals surface area (Å²) >= 11 is 0. The largest absolute Gasteiger partial charge is 0.465 e. The van der Waals surface area contributed by atoms with Crippen LogP contribution in [0.15, 0.2) is 54.6 Å². The van der Waals surface area contributed by atoms with Gasteiger partial charge in [-0.2, -0.15) is 0 Å². The minimum Gasteiger partial charge on any atom is -0.465 e. The Morgan fingerprint density at radius 2 is 1.50 bits per heavy atom. The molecule has 0 saturated carbocycles. The maximum atomic E-state index is 12.3. The van der Waals surface area contributed by atoms with Crippen molar-refractivity contribution in [2.45, 2.75) is 13.8 Å². The minimum atomic E-state index is -0.302. The molecule has 0 N–H and O–H groups in total. The molecule has 2 nitrogen and oxygen atoms in total. The van der Waals surface area contributed by atoms with Gasteiger partial charge in [-0.05, 0) is 47.4 Å². The molecule has 2 heteroatoms. The van der Waals surface area contributed by atoms with E-state index < -0.39 is 0 Å². The third kappa shape index (κ3) is 2.27. The molecule has 110 valence electrons. The van der Waals surface area contributed by atoms with Gasteiger partial charge in [0, 0.05) is 5.56 Å². The predicted octanol–water partition coefficient (Wildman–Crippen LogP) is 4.91. The summed E-state index contributed by atoms with van der Waals surface area (Å²) in [6.45, 7) is 4.15. The van der Waals surface area contributed by atoms with E-state index in [0.717, 1.165) is 33.0 Å². The van der Waals surface area contributed by atoms with E-state index in [0.29, 0.717) is 5.56 Å². The summed E-state index contributed by atoms with van der Waals surface area (Å²) in [7, 11) is 1.42. The fourth-order valence-electron chi connectivity index (χ4n) is 3.03. The van der Waals surface area contributed by atoms with Crippen LogP contribution in [0.1, 0.15) is 21.5 Å². The van der Waals surface area contributed by atoms with Gasteiger partial charge in [-0.1, -0.05) is 48.5 Å². The lowest BCUT2D eigenvalue weighted by Crippen LogP contribution is -2.05. The summed E-state index contributed by atoms with van der Waals surface area (Å²) in [5, 5.41) is 2.19. The topological polar surface area (TPSA) is 26.3 Å². The summed E-state index contributed by atoms with van der Waals surface area (Å²) in [6, 6.07) is 18.1. The molecule has 0 saturated heterocycles. The third-order valence-electron chi connectivity index (χ3n) is 4.07. The highest BCUT2D eigenvalue weighted by molar-refractivity contribution is 6.09. The molecule has 0 aliphatic carbocycles. The molecule has 3 aromatic carbocycles. The normalized spacial score (nSPS) is 10.7. The maximum absolute atomic E-state index is 12.3. The number of esters is 1. The summed E-state index contributed by atoms with van der Waals surface area (Å²) in [4.78, 5) is 12.3. The van der Waals surface area contributed by atoms with E-state index in [2.05, 4.69) is 38.1 Å². The summed E-state index contributed by atoms with van der Waals surface area (Å²) < 4.78 is 4.99. The molecule has 0 fully saturated rings. The fourth-order valence-corrected chi connectivity index (χ4v) is 3.03. The van der Waals surface area contributed by atoms with Crippen molar-refractivity contribution < 1.29 is 9.53 Å². The van der Waals surface area contributed by atoms with Crippen molar-refractivity contribution in [2.75, 3.05) is 7.11 Å². The average molecular weight is 290 g/mol. The molecule has 0 aliphatic rings. The molecular formula is C20H18O2. The Morgan fingerprint density at radius 3 is 2.18 bits per heavy atom. The molecule has 0 spiro atoms. The zero-order valence-corrected chi connectivity index (χ0v) is 13.0. The van der Waals surface area contributed by atoms with E-state index in [1.165, 1.54) is 7.11 Å². The molecule has 3 aromatic rings. The van der Waals surface area contributed by atoms with Crippen LogP contribution in [0.2, 0.25) is 0 Å². The zero-order valence-electron chi connectivity index (χ0n) is 13.0. The number of hydrogen-bond acceptors (Lipinski definition) is 2. The fraction of sp³-hybridized carbons (Fsp3) is 0.150. The SMILES string of the molecule is COC(=O)c1ccc2ccccc2c1-c1c(C)cccc1C. The lowest BCUT2D eigenvalue weighted by atomic mass is 9.88. The summed E-state index contributed by atoms with van der Waals surface area (Å²) in [6.07, 6.45) is 0. The van der Waals surface area contributed by atoms with E-state index >= 15 is 0 Å². The monoisotopic (exact) mass is 290 g/mol. The second-order valence-corrected chi connectivity index (χ2v) is 5.47. The van der Waals surface area contributed by atoms with Gasteiger partial charge in [0.25, 0.3) is 0 Å². The Hall–Kier alpha value is -2.61. The number of aryl methyl sites for hydroxylation is 2. The van der Waals surface area contributed by atoms with Crippen LogP contribution in [0.3, 0.4) is 0 Å². The molecule has 0 aliphatic heterocycles. The quantitative estimate of drug-likeness (QED) is 0.627. The lowest BCUT2D eigenvalue weighted by molar-refractivity contribution is 0.0602. The van der Waals surface area contributed by atoms with Gasteiger partial charge in [-0.3, -0.25) is 0 Å². The van der Waals surface area contributed by atoms with Gasteiger partial charge in [-0.15, -0.1) is 0 Å². The van der Waals surface area contributed by atoms with E-state index in [4.69, 9.17) is 4.74 Å². The first kappa shape index (κ1) is 14.3. The van der Waals surface area contributed by atoms with Crippen LogP contribution in [-0.2, 0) is 4.74 Å². The van der Waals surface area contributed by atoms with Crippen LogP contribution in [0, 0.1) is 13.8 Å². The Morgan fingerprint density at radius 1 is 0.818 bits per heavy atom. The second-order valence-electron chi connectivity index (χ2n) is 5.47. The van der Waals surface area contributed by atoms with Crippen LogP contribution in [0.5, 0.6) is 0 Å². The highest BCUT2D eigenvalue weighted by Gasteiger charge is 2.18. The minimum absolute atomic E-state index is 0.302. The van der Waals surface area contributed by atoms with Gasteiger partial charge in [-0.25, -0.2) is 4.79 Å². The van der Waals surface area contributed by atoms with Crippen LogP contribution in [-0.4, -0.2) is 13.1 Å². The Kier molecular flexibility index (Phi) is 3.68. The van der Waals surface area contributed by atoms with Crippen LogP contribution in [0.25, 0.3) is 21.9 Å². The number of methoxy groups -OCH3 is 1. The first-order valence-electron chi connectivity index (χ1n) is 7.30. The first-order valence-corrected chi connectivity index (χ1v) is 7.30. The number of hydrogen-bond donors (Lipinski definition) is 0. The number of benzene rings is 3. The Balaban J connectivity index is 2.46. The number of fused-ring (bicyclic) bond motifs is 1. The average Bonchev–Trinajstić information content (AvgIpc) is 2.54. The first-order chi connectivity index (χ1) is 10.6. The molecule has 0 radical (unpaired) electrons. The molecule has 0 heterocycles. The molecule has 3 rings (SSSR count). The number of carbonyl (C=O) groups is 1. The standard InChI is InChI=1S/C20H18O2/c1-13-7-6-8-14(2)18(13)19-16-10-5-4-9-15(16)11-12-17(19)20(21)22-3/h4-12H,1-3H3.